The first-order valence-corrected chi connectivity index (χ1v) is 6.80. The number of carbonyl (C=O) groups is 1. The summed E-state index contributed by atoms with van der Waals surface area (Å²) in [4.78, 5) is 14.1. The number of likely N-dealkylation sites (tertiary alicyclic amines) is 1. The van der Waals surface area contributed by atoms with E-state index >= 15 is 0 Å². The summed E-state index contributed by atoms with van der Waals surface area (Å²) in [6.45, 7) is 2.39. The van der Waals surface area contributed by atoms with E-state index in [0.717, 1.165) is 26.1 Å². The van der Waals surface area contributed by atoms with Crippen LogP contribution in [0.2, 0.25) is 0 Å². The first kappa shape index (κ1) is 16.4. The Morgan fingerprint density at radius 3 is 3.00 bits per heavy atom. The summed E-state index contributed by atoms with van der Waals surface area (Å²) in [5.74, 6) is 0.0128. The smallest absolute Gasteiger partial charge is 0.255 e. The highest BCUT2D eigenvalue weighted by Crippen LogP contribution is 2.23. The summed E-state index contributed by atoms with van der Waals surface area (Å²) in [7, 11) is 1.91. The van der Waals surface area contributed by atoms with Gasteiger partial charge in [-0.1, -0.05) is 0 Å². The van der Waals surface area contributed by atoms with Crippen LogP contribution in [0.5, 0.6) is 0 Å². The van der Waals surface area contributed by atoms with Gasteiger partial charge in [0.25, 0.3) is 5.91 Å². The van der Waals surface area contributed by atoms with Gasteiger partial charge in [0, 0.05) is 17.6 Å². The highest BCUT2D eigenvalue weighted by molar-refractivity contribution is 9.10. The molecule has 3 nitrogen and oxygen atoms in total. The van der Waals surface area contributed by atoms with Gasteiger partial charge in [-0.3, -0.25) is 4.79 Å². The molecule has 1 saturated heterocycles. The molecule has 6 heteroatoms. The van der Waals surface area contributed by atoms with Gasteiger partial charge in [0.1, 0.15) is 5.82 Å². The number of hydrogen-bond acceptors (Lipinski definition) is 2. The highest BCUT2D eigenvalue weighted by Gasteiger charge is 2.27. The van der Waals surface area contributed by atoms with Crippen LogP contribution in [0.4, 0.5) is 4.39 Å². The van der Waals surface area contributed by atoms with Crippen molar-refractivity contribution in [3.05, 3.63) is 34.1 Å². The van der Waals surface area contributed by atoms with E-state index in [1.54, 1.807) is 11.0 Å². The molecule has 2 rings (SSSR count). The second kappa shape index (κ2) is 7.22. The van der Waals surface area contributed by atoms with Crippen LogP contribution < -0.4 is 5.32 Å². The Kier molecular flexibility index (Phi) is 6.23. The minimum atomic E-state index is -0.382. The molecule has 0 aliphatic carbocycles. The van der Waals surface area contributed by atoms with Crippen LogP contribution in [0.3, 0.4) is 0 Å². The Morgan fingerprint density at radius 2 is 2.32 bits per heavy atom. The normalized spacial score (nSPS) is 18.3. The predicted octanol–water partition coefficient (Wildman–Crippen LogP) is 2.69. The zero-order valence-electron chi connectivity index (χ0n) is 10.7. The van der Waals surface area contributed by atoms with E-state index in [4.69, 9.17) is 0 Å². The minimum absolute atomic E-state index is 0. The Hall–Kier alpha value is -0.650. The van der Waals surface area contributed by atoms with Crippen molar-refractivity contribution in [3.8, 4) is 0 Å². The van der Waals surface area contributed by atoms with Gasteiger partial charge in [-0.2, -0.15) is 0 Å². The van der Waals surface area contributed by atoms with Gasteiger partial charge in [0.2, 0.25) is 0 Å². The van der Waals surface area contributed by atoms with E-state index in [0.29, 0.717) is 16.0 Å². The number of carbonyl (C=O) groups excluding carboxylic acids is 1. The van der Waals surface area contributed by atoms with Crippen molar-refractivity contribution >= 4 is 34.2 Å². The van der Waals surface area contributed by atoms with E-state index in [2.05, 4.69) is 21.2 Å². The molecule has 1 aromatic carbocycles. The Balaban J connectivity index is 0.00000180. The molecule has 19 heavy (non-hydrogen) atoms. The molecule has 1 aliphatic rings. The molecule has 0 aromatic heterocycles. The first-order valence-electron chi connectivity index (χ1n) is 6.00. The van der Waals surface area contributed by atoms with Crippen molar-refractivity contribution in [2.24, 2.45) is 5.92 Å². The molecule has 106 valence electrons. The summed E-state index contributed by atoms with van der Waals surface area (Å²) in [5, 5.41) is 3.12. The Morgan fingerprint density at radius 1 is 1.58 bits per heavy atom. The lowest BCUT2D eigenvalue weighted by Gasteiger charge is -2.17. The molecule has 1 unspecified atom stereocenters. The monoisotopic (exact) mass is 350 g/mol. The second-order valence-corrected chi connectivity index (χ2v) is 5.44. The van der Waals surface area contributed by atoms with Crippen LogP contribution in [-0.2, 0) is 0 Å². The summed E-state index contributed by atoms with van der Waals surface area (Å²) in [6, 6.07) is 4.20. The fourth-order valence-corrected chi connectivity index (χ4v) is 2.72. The molecule has 1 fully saturated rings. The molecule has 0 radical (unpaired) electrons. The van der Waals surface area contributed by atoms with Crippen LogP contribution in [-0.4, -0.2) is 37.5 Å². The third kappa shape index (κ3) is 3.91. The van der Waals surface area contributed by atoms with E-state index in [1.807, 2.05) is 7.05 Å². The van der Waals surface area contributed by atoms with Gasteiger partial charge in [-0.05, 0) is 60.1 Å². The molecule has 1 aliphatic heterocycles. The van der Waals surface area contributed by atoms with Crippen molar-refractivity contribution in [2.45, 2.75) is 6.42 Å². The van der Waals surface area contributed by atoms with Crippen LogP contribution in [0.15, 0.2) is 22.7 Å². The van der Waals surface area contributed by atoms with Crippen LogP contribution in [0.25, 0.3) is 0 Å². The zero-order chi connectivity index (χ0) is 13.1. The lowest BCUT2D eigenvalue weighted by molar-refractivity contribution is 0.0786. The fraction of sp³-hybridized carbons (Fsp3) is 0.462. The van der Waals surface area contributed by atoms with Gasteiger partial charge in [0.15, 0.2) is 0 Å². The predicted molar refractivity (Wildman–Crippen MR) is 79.3 cm³/mol. The summed E-state index contributed by atoms with van der Waals surface area (Å²) in [5.41, 5.74) is 0.403. The summed E-state index contributed by atoms with van der Waals surface area (Å²) >= 11 is 3.30. The van der Waals surface area contributed by atoms with Gasteiger partial charge in [-0.25, -0.2) is 4.39 Å². The minimum Gasteiger partial charge on any atom is -0.338 e. The first-order chi connectivity index (χ1) is 8.61. The zero-order valence-corrected chi connectivity index (χ0v) is 13.1. The Bertz CT molecular complexity index is 458. The van der Waals surface area contributed by atoms with E-state index < -0.39 is 0 Å². The molecule has 0 spiro atoms. The molecular formula is C13H17BrClFN2O. The standard InChI is InChI=1S/C13H16BrFN2O.ClH/c1-16-7-9-4-5-17(8-9)13(18)11-6-10(15)2-3-12(11)14;/h2-3,6,9,16H,4-5,7-8H2,1H3;1H. The lowest BCUT2D eigenvalue weighted by Crippen LogP contribution is -2.30. The molecule has 1 atom stereocenters. The third-order valence-corrected chi connectivity index (χ3v) is 3.92. The van der Waals surface area contributed by atoms with Crippen molar-refractivity contribution < 1.29 is 9.18 Å². The maximum Gasteiger partial charge on any atom is 0.255 e. The topological polar surface area (TPSA) is 32.3 Å². The highest BCUT2D eigenvalue weighted by atomic mass is 79.9. The second-order valence-electron chi connectivity index (χ2n) is 4.59. The molecule has 1 aromatic rings. The average molecular weight is 352 g/mol. The number of nitrogens with zero attached hydrogens (tertiary/aromatic N) is 1. The molecule has 0 bridgehead atoms. The van der Waals surface area contributed by atoms with E-state index in [1.165, 1.54) is 12.1 Å². The fourth-order valence-electron chi connectivity index (χ4n) is 2.30. The molecule has 1 N–H and O–H groups in total. The number of hydrogen-bond donors (Lipinski definition) is 1. The lowest BCUT2D eigenvalue weighted by atomic mass is 10.1. The largest absolute Gasteiger partial charge is 0.338 e. The number of rotatable bonds is 3. The van der Waals surface area contributed by atoms with Crippen molar-refractivity contribution in [1.82, 2.24) is 10.2 Å². The van der Waals surface area contributed by atoms with Crippen molar-refractivity contribution in [2.75, 3.05) is 26.7 Å². The Labute approximate surface area is 127 Å². The van der Waals surface area contributed by atoms with Gasteiger partial charge in [0.05, 0.1) is 5.56 Å². The van der Waals surface area contributed by atoms with Gasteiger partial charge >= 0.3 is 0 Å². The summed E-state index contributed by atoms with van der Waals surface area (Å²) in [6.07, 6.45) is 1.000. The third-order valence-electron chi connectivity index (χ3n) is 3.22. The van der Waals surface area contributed by atoms with Crippen LogP contribution >= 0.6 is 28.3 Å². The maximum absolute atomic E-state index is 13.2. The number of nitrogens with one attached hydrogen (secondary N) is 1. The van der Waals surface area contributed by atoms with E-state index in [-0.39, 0.29) is 24.1 Å². The van der Waals surface area contributed by atoms with E-state index in [9.17, 15) is 9.18 Å². The molecule has 1 amide bonds. The average Bonchev–Trinajstić information content (AvgIpc) is 2.80. The van der Waals surface area contributed by atoms with Crippen LogP contribution in [0, 0.1) is 11.7 Å². The van der Waals surface area contributed by atoms with Gasteiger partial charge in [-0.15, -0.1) is 12.4 Å². The van der Waals surface area contributed by atoms with Gasteiger partial charge < -0.3 is 10.2 Å². The maximum atomic E-state index is 13.2. The summed E-state index contributed by atoms with van der Waals surface area (Å²) < 4.78 is 13.8. The quantitative estimate of drug-likeness (QED) is 0.908. The SMILES string of the molecule is CNCC1CCN(C(=O)c2cc(F)ccc2Br)C1.Cl. The molecule has 1 heterocycles. The molecule has 0 saturated carbocycles. The van der Waals surface area contributed by atoms with Crippen LogP contribution in [0.1, 0.15) is 16.8 Å². The van der Waals surface area contributed by atoms with Crippen molar-refractivity contribution in [3.63, 3.8) is 0 Å². The number of benzene rings is 1. The van der Waals surface area contributed by atoms with Crippen molar-refractivity contribution in [1.29, 1.82) is 0 Å². The number of halogens is 3. The number of amides is 1. The molecular weight excluding hydrogens is 335 g/mol.